The van der Waals surface area contributed by atoms with Crippen LogP contribution in [0.1, 0.15) is 19.8 Å². The first kappa shape index (κ1) is 12.8. The largest absolute Gasteiger partial charge is 0.189 e. The van der Waals surface area contributed by atoms with Crippen molar-refractivity contribution in [1.29, 1.82) is 0 Å². The summed E-state index contributed by atoms with van der Waals surface area (Å²) in [6, 6.07) is 0. The molecule has 0 nitrogen and oxygen atoms in total. The first-order valence-electron chi connectivity index (χ1n) is 4.95. The van der Waals surface area contributed by atoms with Crippen molar-refractivity contribution in [3.63, 3.8) is 0 Å². The summed E-state index contributed by atoms with van der Waals surface area (Å²) >= 11 is 2.31. The van der Waals surface area contributed by atoms with Crippen LogP contribution in [0.3, 0.4) is 0 Å². The van der Waals surface area contributed by atoms with Gasteiger partial charge in [0, 0.05) is 0 Å². The molecule has 0 unspecified atom stereocenters. The van der Waals surface area contributed by atoms with Crippen molar-refractivity contribution in [3.05, 3.63) is 0 Å². The predicted octanol–water partition coefficient (Wildman–Crippen LogP) is 4.14. The highest BCUT2D eigenvalue weighted by Crippen LogP contribution is 2.30. The summed E-state index contributed by atoms with van der Waals surface area (Å²) < 4.78 is 0. The van der Waals surface area contributed by atoms with Gasteiger partial charge in [0.05, 0.1) is 7.59 Å². The Labute approximate surface area is 84.0 Å². The van der Waals surface area contributed by atoms with Gasteiger partial charge in [0.1, 0.15) is 6.74 Å². The molecule has 74 valence electrons. The molecule has 0 spiro atoms. The normalized spacial score (nSPS) is 13.5. The SMILES string of the molecule is CCCCS[Si](C)(C)[Si](C)(C)C. The fourth-order valence-corrected chi connectivity index (χ4v) is 10.1. The topological polar surface area (TPSA) is 0 Å². The van der Waals surface area contributed by atoms with Crippen molar-refractivity contribution in [2.75, 3.05) is 5.75 Å². The van der Waals surface area contributed by atoms with Gasteiger partial charge in [-0.3, -0.25) is 0 Å². The maximum Gasteiger partial charge on any atom is 0.102 e. The third-order valence-electron chi connectivity index (χ3n) is 2.77. The van der Waals surface area contributed by atoms with Crippen molar-refractivity contribution in [2.24, 2.45) is 0 Å². The highest BCUT2D eigenvalue weighted by Gasteiger charge is 2.36. The maximum absolute atomic E-state index is 2.56. The lowest BCUT2D eigenvalue weighted by molar-refractivity contribution is 0.898. The Morgan fingerprint density at radius 2 is 1.50 bits per heavy atom. The predicted molar refractivity (Wildman–Crippen MR) is 68.2 cm³/mol. The number of hydrogen-bond acceptors (Lipinski definition) is 1. The van der Waals surface area contributed by atoms with Crippen LogP contribution < -0.4 is 0 Å². The third kappa shape index (κ3) is 4.14. The Bertz CT molecular complexity index is 127. The minimum Gasteiger partial charge on any atom is -0.189 e. The summed E-state index contributed by atoms with van der Waals surface area (Å²) in [5.74, 6) is 1.40. The zero-order valence-corrected chi connectivity index (χ0v) is 12.3. The Balaban J connectivity index is 3.88. The molecule has 0 aliphatic rings. The van der Waals surface area contributed by atoms with E-state index in [9.17, 15) is 0 Å². The highest BCUT2D eigenvalue weighted by molar-refractivity contribution is 8.35. The van der Waals surface area contributed by atoms with E-state index >= 15 is 0 Å². The van der Waals surface area contributed by atoms with Gasteiger partial charge >= 0.3 is 0 Å². The monoisotopic (exact) mass is 220 g/mol. The minimum absolute atomic E-state index is 0.833. The molecule has 0 atom stereocenters. The van der Waals surface area contributed by atoms with Crippen LogP contribution >= 0.6 is 11.2 Å². The molecule has 0 aromatic carbocycles. The van der Waals surface area contributed by atoms with E-state index in [0.29, 0.717) is 0 Å². The van der Waals surface area contributed by atoms with Crippen LogP contribution in [0.5, 0.6) is 0 Å². The van der Waals surface area contributed by atoms with Crippen molar-refractivity contribution < 1.29 is 0 Å². The highest BCUT2D eigenvalue weighted by atomic mass is 32.4. The summed E-state index contributed by atoms with van der Waals surface area (Å²) in [6.45, 7) is 14.1. The Morgan fingerprint density at radius 1 is 1.00 bits per heavy atom. The van der Waals surface area contributed by atoms with Gasteiger partial charge in [-0.2, -0.15) is 11.2 Å². The van der Waals surface area contributed by atoms with E-state index in [-0.39, 0.29) is 0 Å². The van der Waals surface area contributed by atoms with E-state index in [2.05, 4.69) is 50.9 Å². The van der Waals surface area contributed by atoms with E-state index < -0.39 is 14.3 Å². The number of hydrogen-bond donors (Lipinski definition) is 0. The summed E-state index contributed by atoms with van der Waals surface area (Å²) in [5, 5.41) is 0. The van der Waals surface area contributed by atoms with Gasteiger partial charge in [-0.15, -0.1) is 0 Å². The molecule has 0 amide bonds. The molecule has 0 bridgehead atoms. The summed E-state index contributed by atoms with van der Waals surface area (Å²) in [7, 11) is -0.833. The lowest BCUT2D eigenvalue weighted by Crippen LogP contribution is -2.49. The standard InChI is InChI=1S/C9H24SSi2/c1-7-8-9-10-12(5,6)11(2,3)4/h7-9H2,1-6H3. The van der Waals surface area contributed by atoms with Crippen molar-refractivity contribution in [3.8, 4) is 0 Å². The summed E-state index contributed by atoms with van der Waals surface area (Å²) in [4.78, 5) is 0. The quantitative estimate of drug-likeness (QED) is 0.496. The third-order valence-corrected chi connectivity index (χ3v) is 28.0. The van der Waals surface area contributed by atoms with Gasteiger partial charge < -0.3 is 0 Å². The van der Waals surface area contributed by atoms with Crippen molar-refractivity contribution in [2.45, 2.75) is 52.5 Å². The molecule has 0 aliphatic carbocycles. The van der Waals surface area contributed by atoms with Crippen LogP contribution in [0.2, 0.25) is 32.7 Å². The second-order valence-corrected chi connectivity index (χ2v) is 26.4. The van der Waals surface area contributed by atoms with E-state index in [1.54, 1.807) is 0 Å². The summed E-state index contributed by atoms with van der Waals surface area (Å²) in [5.41, 5.74) is 0. The fourth-order valence-electron chi connectivity index (χ4n) is 0.688. The second-order valence-electron chi connectivity index (χ2n) is 4.96. The van der Waals surface area contributed by atoms with Crippen LogP contribution in [0.25, 0.3) is 0 Å². The van der Waals surface area contributed by atoms with Gasteiger partial charge in [0.2, 0.25) is 0 Å². The van der Waals surface area contributed by atoms with Crippen molar-refractivity contribution >= 4 is 25.5 Å². The zero-order valence-electron chi connectivity index (χ0n) is 9.53. The average molecular weight is 221 g/mol. The van der Waals surface area contributed by atoms with E-state index in [1.165, 1.54) is 18.6 Å². The van der Waals surface area contributed by atoms with E-state index in [0.717, 1.165) is 0 Å². The molecule has 3 heteroatoms. The van der Waals surface area contributed by atoms with Crippen LogP contribution in [-0.4, -0.2) is 20.1 Å². The fraction of sp³-hybridized carbons (Fsp3) is 1.00. The zero-order chi connectivity index (χ0) is 9.83. The van der Waals surface area contributed by atoms with Crippen LogP contribution in [0.15, 0.2) is 0 Å². The second kappa shape index (κ2) is 4.86. The molecule has 0 N–H and O–H groups in total. The average Bonchev–Trinajstić information content (AvgIpc) is 1.85. The molecule has 0 aliphatic heterocycles. The van der Waals surface area contributed by atoms with Crippen molar-refractivity contribution in [1.82, 2.24) is 0 Å². The lowest BCUT2D eigenvalue weighted by atomic mass is 10.4. The molecular formula is C9H24SSi2. The Kier molecular flexibility index (Phi) is 5.18. The first-order valence-corrected chi connectivity index (χ1v) is 14.2. The molecule has 12 heavy (non-hydrogen) atoms. The van der Waals surface area contributed by atoms with Crippen LogP contribution in [-0.2, 0) is 0 Å². The van der Waals surface area contributed by atoms with Gasteiger partial charge in [0.15, 0.2) is 0 Å². The van der Waals surface area contributed by atoms with Gasteiger partial charge in [-0.25, -0.2) is 0 Å². The molecule has 0 fully saturated rings. The molecular weight excluding hydrogens is 196 g/mol. The molecule has 0 rings (SSSR count). The van der Waals surface area contributed by atoms with Crippen LogP contribution in [0.4, 0.5) is 0 Å². The number of rotatable bonds is 5. The van der Waals surface area contributed by atoms with Gasteiger partial charge in [0.25, 0.3) is 0 Å². The molecule has 0 aromatic heterocycles. The van der Waals surface area contributed by atoms with E-state index in [4.69, 9.17) is 0 Å². The van der Waals surface area contributed by atoms with Crippen LogP contribution in [0, 0.1) is 0 Å². The summed E-state index contributed by atoms with van der Waals surface area (Å²) in [6.07, 6.45) is 2.76. The molecule has 0 saturated heterocycles. The van der Waals surface area contributed by atoms with Gasteiger partial charge in [-0.05, 0) is 12.2 Å². The molecule has 0 saturated carbocycles. The Morgan fingerprint density at radius 3 is 1.83 bits per heavy atom. The maximum atomic E-state index is 2.56. The van der Waals surface area contributed by atoms with E-state index in [1.807, 2.05) is 0 Å². The molecule has 0 radical (unpaired) electrons. The molecule has 0 aromatic rings. The lowest BCUT2D eigenvalue weighted by Gasteiger charge is -2.34. The molecule has 0 heterocycles. The Hall–Kier alpha value is 0.784. The smallest absolute Gasteiger partial charge is 0.102 e. The minimum atomic E-state index is -0.887. The van der Waals surface area contributed by atoms with Gasteiger partial charge in [-0.1, -0.05) is 46.1 Å². The first-order chi connectivity index (χ1) is 5.31. The number of unbranched alkanes of at least 4 members (excludes halogenated alkanes) is 1.